The molecule has 2 aromatic heterocycles. The van der Waals surface area contributed by atoms with Crippen LogP contribution in [0.5, 0.6) is 0 Å². The van der Waals surface area contributed by atoms with Gasteiger partial charge in [0.1, 0.15) is 5.71 Å². The Morgan fingerprint density at radius 2 is 1.53 bits per heavy atom. The number of aromatic nitrogens is 2. The van der Waals surface area contributed by atoms with E-state index in [0.717, 1.165) is 27.0 Å². The van der Waals surface area contributed by atoms with Gasteiger partial charge in [-0.25, -0.2) is 9.97 Å². The van der Waals surface area contributed by atoms with Crippen molar-refractivity contribution in [3.8, 4) is 11.3 Å². The van der Waals surface area contributed by atoms with Gasteiger partial charge in [0, 0.05) is 16.5 Å². The van der Waals surface area contributed by atoms with Gasteiger partial charge in [0.25, 0.3) is 0 Å². The molecule has 0 saturated heterocycles. The quantitative estimate of drug-likeness (QED) is 0.330. The van der Waals surface area contributed by atoms with Crippen LogP contribution in [0.4, 0.5) is 10.3 Å². The molecular formula is C25H16N6OS2. The van der Waals surface area contributed by atoms with Crippen molar-refractivity contribution in [1.82, 2.24) is 9.97 Å². The summed E-state index contributed by atoms with van der Waals surface area (Å²) in [7, 11) is 0. The summed E-state index contributed by atoms with van der Waals surface area (Å²) in [4.78, 5) is 22.6. The van der Waals surface area contributed by atoms with Gasteiger partial charge in [0.15, 0.2) is 5.71 Å². The molecule has 0 radical (unpaired) electrons. The fourth-order valence-electron chi connectivity index (χ4n) is 3.54. The number of amides is 1. The van der Waals surface area contributed by atoms with Gasteiger partial charge in [-0.1, -0.05) is 84.1 Å². The molecule has 1 amide bonds. The third-order valence-electron chi connectivity index (χ3n) is 5.17. The van der Waals surface area contributed by atoms with Crippen LogP contribution in [-0.2, 0) is 4.79 Å². The lowest BCUT2D eigenvalue weighted by molar-refractivity contribution is -0.112. The molecule has 0 atom stereocenters. The molecule has 7 nitrogen and oxygen atoms in total. The first-order chi connectivity index (χ1) is 16.8. The van der Waals surface area contributed by atoms with Gasteiger partial charge in [-0.2, -0.15) is 15.2 Å². The smallest absolute Gasteiger partial charge is 0.265 e. The molecule has 6 rings (SSSR count). The summed E-state index contributed by atoms with van der Waals surface area (Å²) in [5, 5.41) is 13.4. The lowest BCUT2D eigenvalue weighted by atomic mass is 10.1. The summed E-state index contributed by atoms with van der Waals surface area (Å²) in [5.41, 5.74) is 7.10. The molecule has 0 saturated carbocycles. The highest BCUT2D eigenvalue weighted by molar-refractivity contribution is 7.22. The molecule has 0 unspecified atom stereocenters. The molecule has 164 valence electrons. The van der Waals surface area contributed by atoms with Crippen LogP contribution in [0, 0.1) is 0 Å². The van der Waals surface area contributed by atoms with E-state index in [4.69, 9.17) is 0 Å². The maximum Gasteiger partial charge on any atom is 0.303 e. The van der Waals surface area contributed by atoms with Gasteiger partial charge in [-0.15, -0.1) is 11.3 Å². The predicted molar refractivity (Wildman–Crippen MR) is 139 cm³/mol. The summed E-state index contributed by atoms with van der Waals surface area (Å²) in [6.45, 7) is 0. The third kappa shape index (κ3) is 3.76. The van der Waals surface area contributed by atoms with Crippen LogP contribution in [0.15, 0.2) is 101 Å². The molecule has 9 heteroatoms. The van der Waals surface area contributed by atoms with Gasteiger partial charge in [-0.3, -0.25) is 10.2 Å². The van der Waals surface area contributed by atoms with E-state index in [9.17, 15) is 4.79 Å². The van der Waals surface area contributed by atoms with E-state index in [1.165, 1.54) is 27.7 Å². The number of carbonyl (C=O) groups is 1. The number of fused-ring (bicyclic) bond motifs is 1. The lowest BCUT2D eigenvalue weighted by Gasteiger charge is -2.06. The Morgan fingerprint density at radius 1 is 0.824 bits per heavy atom. The van der Waals surface area contributed by atoms with E-state index in [1.807, 2.05) is 90.3 Å². The molecule has 3 aromatic carbocycles. The second-order valence-electron chi connectivity index (χ2n) is 7.37. The van der Waals surface area contributed by atoms with E-state index in [2.05, 4.69) is 25.6 Å². The topological polar surface area (TPSA) is 82.8 Å². The summed E-state index contributed by atoms with van der Waals surface area (Å²) >= 11 is 2.84. The van der Waals surface area contributed by atoms with Gasteiger partial charge < -0.3 is 0 Å². The number of thiazole rings is 2. The first-order valence-corrected chi connectivity index (χ1v) is 12.1. The zero-order valence-corrected chi connectivity index (χ0v) is 19.3. The molecule has 1 aliphatic heterocycles. The van der Waals surface area contributed by atoms with Crippen LogP contribution in [0.2, 0.25) is 0 Å². The van der Waals surface area contributed by atoms with E-state index in [-0.39, 0.29) is 11.6 Å². The lowest BCUT2D eigenvalue weighted by Crippen LogP contribution is -2.28. The zero-order chi connectivity index (χ0) is 22.9. The molecule has 0 bridgehead atoms. The fraction of sp³-hybridized carbons (Fsp3) is 0. The summed E-state index contributed by atoms with van der Waals surface area (Å²) in [6.07, 6.45) is 0. The average Bonchev–Trinajstić information content (AvgIpc) is 3.61. The number of nitrogens with zero attached hydrogens (tertiary/aromatic N) is 5. The van der Waals surface area contributed by atoms with Crippen molar-refractivity contribution in [2.24, 2.45) is 10.2 Å². The number of hydrogen-bond acceptors (Lipinski definition) is 8. The number of rotatable bonds is 5. The third-order valence-corrected chi connectivity index (χ3v) is 6.92. The summed E-state index contributed by atoms with van der Waals surface area (Å²) in [5.74, 6) is -0.346. The van der Waals surface area contributed by atoms with E-state index in [0.29, 0.717) is 16.0 Å². The molecule has 1 N–H and O–H groups in total. The van der Waals surface area contributed by atoms with E-state index < -0.39 is 0 Å². The number of benzene rings is 3. The Morgan fingerprint density at radius 3 is 2.29 bits per heavy atom. The number of hydrazone groups is 2. The average molecular weight is 481 g/mol. The Hall–Kier alpha value is -4.21. The van der Waals surface area contributed by atoms with Crippen molar-refractivity contribution in [1.29, 1.82) is 0 Å². The molecule has 0 fully saturated rings. The van der Waals surface area contributed by atoms with Crippen LogP contribution in [0.1, 0.15) is 5.56 Å². The highest BCUT2D eigenvalue weighted by Crippen LogP contribution is 2.30. The number of para-hydroxylation sites is 1. The molecule has 0 aliphatic carbocycles. The van der Waals surface area contributed by atoms with Crippen LogP contribution >= 0.6 is 22.7 Å². The molecular weight excluding hydrogens is 464 g/mol. The normalized spacial score (nSPS) is 14.7. The Bertz CT molecular complexity index is 1520. The zero-order valence-electron chi connectivity index (χ0n) is 17.6. The van der Waals surface area contributed by atoms with Crippen LogP contribution in [-0.4, -0.2) is 27.3 Å². The van der Waals surface area contributed by atoms with Gasteiger partial charge in [0.2, 0.25) is 10.3 Å². The minimum Gasteiger partial charge on any atom is -0.265 e. The van der Waals surface area contributed by atoms with Crippen molar-refractivity contribution < 1.29 is 4.79 Å². The first-order valence-electron chi connectivity index (χ1n) is 10.5. The number of hydrogen-bond donors (Lipinski definition) is 1. The minimum absolute atomic E-state index is 0.210. The van der Waals surface area contributed by atoms with Crippen LogP contribution in [0.25, 0.3) is 21.5 Å². The van der Waals surface area contributed by atoms with Crippen LogP contribution in [0.3, 0.4) is 0 Å². The van der Waals surface area contributed by atoms with Crippen molar-refractivity contribution in [2.45, 2.75) is 0 Å². The Balaban J connectivity index is 1.36. The van der Waals surface area contributed by atoms with Crippen molar-refractivity contribution in [2.75, 3.05) is 10.4 Å². The second kappa shape index (κ2) is 8.62. The second-order valence-corrected chi connectivity index (χ2v) is 9.24. The number of nitrogens with one attached hydrogen (secondary N) is 1. The fourth-order valence-corrected chi connectivity index (χ4v) is 5.13. The van der Waals surface area contributed by atoms with E-state index >= 15 is 0 Å². The van der Waals surface area contributed by atoms with Crippen LogP contribution < -0.4 is 10.4 Å². The molecule has 3 heterocycles. The van der Waals surface area contributed by atoms with Gasteiger partial charge in [-0.05, 0) is 12.1 Å². The highest BCUT2D eigenvalue weighted by Gasteiger charge is 2.35. The van der Waals surface area contributed by atoms with E-state index in [1.54, 1.807) is 0 Å². The maximum absolute atomic E-state index is 13.4. The minimum atomic E-state index is -0.346. The molecule has 34 heavy (non-hydrogen) atoms. The molecule has 5 aromatic rings. The standard InChI is InChI=1S/C25H16N6OS2/c32-23-22(28-29-24-26-18-13-7-8-14-20(18)34-24)21(17-11-5-2-6-12-17)30-31(23)25-27-19(15-33-25)16-9-3-1-4-10-16/h1-15H,(H,26,29)/b28-22-. The summed E-state index contributed by atoms with van der Waals surface area (Å²) in [6, 6.07) is 27.2. The monoisotopic (exact) mass is 480 g/mol. The maximum atomic E-state index is 13.4. The number of carbonyl (C=O) groups excluding carboxylic acids is 1. The van der Waals surface area contributed by atoms with Gasteiger partial charge >= 0.3 is 5.91 Å². The SMILES string of the molecule is O=C1/C(=N\Nc2nc3ccccc3s2)C(c2ccccc2)=NN1c1nc(-c2ccccc2)cs1. The first kappa shape index (κ1) is 20.4. The molecule has 0 spiro atoms. The Labute approximate surface area is 202 Å². The van der Waals surface area contributed by atoms with Gasteiger partial charge in [0.05, 0.1) is 15.9 Å². The predicted octanol–water partition coefficient (Wildman–Crippen LogP) is 5.64. The van der Waals surface area contributed by atoms with Crippen molar-refractivity contribution >= 4 is 60.5 Å². The van der Waals surface area contributed by atoms with Crippen molar-refractivity contribution in [3.63, 3.8) is 0 Å². The number of anilines is 2. The Kier molecular flexibility index (Phi) is 5.17. The van der Waals surface area contributed by atoms with Crippen molar-refractivity contribution in [3.05, 3.63) is 95.9 Å². The highest BCUT2D eigenvalue weighted by atomic mass is 32.1. The summed E-state index contributed by atoms with van der Waals surface area (Å²) < 4.78 is 1.04. The largest absolute Gasteiger partial charge is 0.303 e. The molecule has 1 aliphatic rings.